The Bertz CT molecular complexity index is 354. The van der Waals surface area contributed by atoms with Crippen molar-refractivity contribution in [2.75, 3.05) is 13.1 Å². The van der Waals surface area contributed by atoms with Crippen LogP contribution in [0.15, 0.2) is 36.9 Å². The fraction of sp³-hybridized carbons (Fsp3) is 0.529. The fourth-order valence-electron chi connectivity index (χ4n) is 2.03. The number of benzene rings is 1. The molecule has 0 fully saturated rings. The molecule has 0 heterocycles. The van der Waals surface area contributed by atoms with E-state index in [0.717, 1.165) is 26.2 Å². The average Bonchev–Trinajstić information content (AvgIpc) is 2.40. The van der Waals surface area contributed by atoms with Crippen molar-refractivity contribution in [3.63, 3.8) is 0 Å². The summed E-state index contributed by atoms with van der Waals surface area (Å²) >= 11 is 0. The van der Waals surface area contributed by atoms with E-state index in [9.17, 15) is 0 Å². The second kappa shape index (κ2) is 8.89. The smallest absolute Gasteiger partial charge is 0.0239 e. The SMILES string of the molecule is C=CCN(Cc1ccc(CNCCC)cc1)C(C)C. The van der Waals surface area contributed by atoms with Gasteiger partial charge in [-0.2, -0.15) is 0 Å². The van der Waals surface area contributed by atoms with Gasteiger partial charge >= 0.3 is 0 Å². The number of rotatable bonds is 9. The first-order valence-electron chi connectivity index (χ1n) is 7.30. The minimum Gasteiger partial charge on any atom is -0.313 e. The van der Waals surface area contributed by atoms with Crippen LogP contribution >= 0.6 is 0 Å². The van der Waals surface area contributed by atoms with Gasteiger partial charge in [0, 0.05) is 25.7 Å². The van der Waals surface area contributed by atoms with Crippen molar-refractivity contribution in [2.45, 2.75) is 46.3 Å². The van der Waals surface area contributed by atoms with E-state index >= 15 is 0 Å². The van der Waals surface area contributed by atoms with E-state index in [1.165, 1.54) is 17.5 Å². The van der Waals surface area contributed by atoms with Crippen LogP contribution in [-0.4, -0.2) is 24.0 Å². The van der Waals surface area contributed by atoms with E-state index in [4.69, 9.17) is 0 Å². The predicted octanol–water partition coefficient (Wildman–Crippen LogP) is 3.58. The molecule has 0 spiro atoms. The van der Waals surface area contributed by atoms with Crippen molar-refractivity contribution in [3.8, 4) is 0 Å². The molecule has 1 N–H and O–H groups in total. The second-order valence-electron chi connectivity index (χ2n) is 5.31. The Morgan fingerprint density at radius 2 is 1.84 bits per heavy atom. The summed E-state index contributed by atoms with van der Waals surface area (Å²) in [5.41, 5.74) is 2.73. The van der Waals surface area contributed by atoms with Crippen molar-refractivity contribution >= 4 is 0 Å². The summed E-state index contributed by atoms with van der Waals surface area (Å²) in [7, 11) is 0. The molecule has 1 aromatic rings. The molecule has 0 unspecified atom stereocenters. The first-order valence-corrected chi connectivity index (χ1v) is 7.30. The summed E-state index contributed by atoms with van der Waals surface area (Å²) in [6.45, 7) is 14.5. The van der Waals surface area contributed by atoms with Crippen molar-refractivity contribution in [2.24, 2.45) is 0 Å². The molecule has 0 amide bonds. The Kier molecular flexibility index (Phi) is 7.46. The van der Waals surface area contributed by atoms with Crippen LogP contribution in [-0.2, 0) is 13.1 Å². The Morgan fingerprint density at radius 3 is 2.37 bits per heavy atom. The van der Waals surface area contributed by atoms with Gasteiger partial charge in [0.05, 0.1) is 0 Å². The van der Waals surface area contributed by atoms with Crippen LogP contribution in [0.3, 0.4) is 0 Å². The lowest BCUT2D eigenvalue weighted by Gasteiger charge is -2.25. The standard InChI is InChI=1S/C17H28N2/c1-5-11-18-13-16-7-9-17(10-8-16)14-19(12-6-2)15(3)4/h6-10,15,18H,2,5,11-14H2,1,3-4H3. The third-order valence-corrected chi connectivity index (χ3v) is 3.26. The fourth-order valence-corrected chi connectivity index (χ4v) is 2.03. The predicted molar refractivity (Wildman–Crippen MR) is 84.2 cm³/mol. The molecule has 0 atom stereocenters. The molecule has 1 aromatic carbocycles. The second-order valence-corrected chi connectivity index (χ2v) is 5.31. The molecular formula is C17H28N2. The molecule has 0 aliphatic rings. The highest BCUT2D eigenvalue weighted by Crippen LogP contribution is 2.10. The Hall–Kier alpha value is -1.12. The maximum atomic E-state index is 3.83. The van der Waals surface area contributed by atoms with Crippen LogP contribution in [0.5, 0.6) is 0 Å². The maximum absolute atomic E-state index is 3.83. The molecule has 0 aliphatic heterocycles. The monoisotopic (exact) mass is 260 g/mol. The van der Waals surface area contributed by atoms with Crippen LogP contribution in [0, 0.1) is 0 Å². The molecule has 106 valence electrons. The number of nitrogens with zero attached hydrogens (tertiary/aromatic N) is 1. The van der Waals surface area contributed by atoms with Crippen LogP contribution in [0.25, 0.3) is 0 Å². The summed E-state index contributed by atoms with van der Waals surface area (Å²) in [6, 6.07) is 9.47. The lowest BCUT2D eigenvalue weighted by atomic mass is 10.1. The third-order valence-electron chi connectivity index (χ3n) is 3.26. The summed E-state index contributed by atoms with van der Waals surface area (Å²) in [5, 5.41) is 3.43. The number of hydrogen-bond acceptors (Lipinski definition) is 2. The van der Waals surface area contributed by atoms with Gasteiger partial charge in [0.2, 0.25) is 0 Å². The van der Waals surface area contributed by atoms with Crippen molar-refractivity contribution in [1.29, 1.82) is 0 Å². The highest BCUT2D eigenvalue weighted by molar-refractivity contribution is 5.22. The molecule has 0 bridgehead atoms. The lowest BCUT2D eigenvalue weighted by molar-refractivity contribution is 0.237. The first kappa shape index (κ1) is 15.9. The summed E-state index contributed by atoms with van der Waals surface area (Å²) in [4.78, 5) is 2.41. The molecule has 2 nitrogen and oxygen atoms in total. The van der Waals surface area contributed by atoms with Gasteiger partial charge in [0.25, 0.3) is 0 Å². The lowest BCUT2D eigenvalue weighted by Crippen LogP contribution is -2.30. The third kappa shape index (κ3) is 6.04. The van der Waals surface area contributed by atoms with Crippen LogP contribution in [0.2, 0.25) is 0 Å². The molecule has 2 heteroatoms. The van der Waals surface area contributed by atoms with Gasteiger partial charge < -0.3 is 5.32 Å². The summed E-state index contributed by atoms with van der Waals surface area (Å²) in [6.07, 6.45) is 3.16. The van der Waals surface area contributed by atoms with Gasteiger partial charge in [-0.3, -0.25) is 4.90 Å². The van der Waals surface area contributed by atoms with Crippen molar-refractivity contribution < 1.29 is 0 Å². The zero-order chi connectivity index (χ0) is 14.1. The van der Waals surface area contributed by atoms with Gasteiger partial charge in [-0.25, -0.2) is 0 Å². The van der Waals surface area contributed by atoms with Gasteiger partial charge in [-0.15, -0.1) is 6.58 Å². The Balaban J connectivity index is 2.52. The van der Waals surface area contributed by atoms with Crippen LogP contribution < -0.4 is 5.32 Å². The average molecular weight is 260 g/mol. The summed E-state index contributed by atoms with van der Waals surface area (Å²) in [5.74, 6) is 0. The Labute approximate surface area is 118 Å². The van der Waals surface area contributed by atoms with Crippen LogP contribution in [0.4, 0.5) is 0 Å². The van der Waals surface area contributed by atoms with E-state index in [2.05, 4.69) is 61.8 Å². The maximum Gasteiger partial charge on any atom is 0.0239 e. The molecule has 19 heavy (non-hydrogen) atoms. The normalized spacial score (nSPS) is 11.2. The zero-order valence-corrected chi connectivity index (χ0v) is 12.7. The molecule has 0 aliphatic carbocycles. The van der Waals surface area contributed by atoms with Crippen molar-refractivity contribution in [1.82, 2.24) is 10.2 Å². The molecular weight excluding hydrogens is 232 g/mol. The highest BCUT2D eigenvalue weighted by atomic mass is 15.1. The zero-order valence-electron chi connectivity index (χ0n) is 12.7. The topological polar surface area (TPSA) is 15.3 Å². The van der Waals surface area contributed by atoms with Gasteiger partial charge in [0.1, 0.15) is 0 Å². The van der Waals surface area contributed by atoms with E-state index in [-0.39, 0.29) is 0 Å². The molecule has 0 saturated carbocycles. The van der Waals surface area contributed by atoms with E-state index in [1.54, 1.807) is 0 Å². The van der Waals surface area contributed by atoms with Gasteiger partial charge in [-0.1, -0.05) is 37.3 Å². The van der Waals surface area contributed by atoms with Crippen molar-refractivity contribution in [3.05, 3.63) is 48.0 Å². The first-order chi connectivity index (χ1) is 9.17. The minimum absolute atomic E-state index is 0.545. The van der Waals surface area contributed by atoms with E-state index in [1.807, 2.05) is 6.08 Å². The van der Waals surface area contributed by atoms with Gasteiger partial charge in [-0.05, 0) is 37.9 Å². The number of nitrogens with one attached hydrogen (secondary N) is 1. The highest BCUT2D eigenvalue weighted by Gasteiger charge is 2.07. The molecule has 1 rings (SSSR count). The number of hydrogen-bond donors (Lipinski definition) is 1. The summed E-state index contributed by atoms with van der Waals surface area (Å²) < 4.78 is 0. The van der Waals surface area contributed by atoms with Gasteiger partial charge in [0.15, 0.2) is 0 Å². The molecule has 0 radical (unpaired) electrons. The Morgan fingerprint density at radius 1 is 1.21 bits per heavy atom. The molecule has 0 aromatic heterocycles. The quantitative estimate of drug-likeness (QED) is 0.539. The largest absolute Gasteiger partial charge is 0.313 e. The molecule has 0 saturated heterocycles. The van der Waals surface area contributed by atoms with E-state index in [0.29, 0.717) is 6.04 Å². The minimum atomic E-state index is 0.545. The van der Waals surface area contributed by atoms with E-state index < -0.39 is 0 Å². The van der Waals surface area contributed by atoms with Crippen LogP contribution in [0.1, 0.15) is 38.3 Å².